The number of amides is 3. The van der Waals surface area contributed by atoms with E-state index in [0.29, 0.717) is 18.6 Å². The first-order valence-corrected chi connectivity index (χ1v) is 7.28. The Balaban J connectivity index is 2.09. The molecule has 106 valence electrons. The van der Waals surface area contributed by atoms with E-state index < -0.39 is 4.75 Å². The van der Waals surface area contributed by atoms with Crippen molar-refractivity contribution in [2.24, 2.45) is 5.84 Å². The van der Waals surface area contributed by atoms with Gasteiger partial charge in [-0.15, -0.1) is 11.8 Å². The Labute approximate surface area is 115 Å². The van der Waals surface area contributed by atoms with Crippen LogP contribution in [0, 0.1) is 0 Å². The van der Waals surface area contributed by atoms with Crippen LogP contribution >= 0.6 is 11.8 Å². The Morgan fingerprint density at radius 1 is 1.53 bits per heavy atom. The van der Waals surface area contributed by atoms with E-state index in [4.69, 9.17) is 5.84 Å². The zero-order valence-corrected chi connectivity index (χ0v) is 11.3. The van der Waals surface area contributed by atoms with Gasteiger partial charge in [-0.3, -0.25) is 10.2 Å². The van der Waals surface area contributed by atoms with Crippen molar-refractivity contribution >= 4 is 30.0 Å². The number of hydrogen-bond acceptors (Lipinski definition) is 5. The maximum Gasteiger partial charge on any atom is 0.315 e. The predicted molar refractivity (Wildman–Crippen MR) is 71.3 cm³/mol. The largest absolute Gasteiger partial charge is 0.332 e. The Morgan fingerprint density at radius 2 is 2.32 bits per heavy atom. The Bertz CT molecular complexity index is 392. The summed E-state index contributed by atoms with van der Waals surface area (Å²) in [5, 5.41) is 5.61. The number of urea groups is 1. The van der Waals surface area contributed by atoms with Crippen molar-refractivity contribution in [1.82, 2.24) is 16.1 Å². The van der Waals surface area contributed by atoms with E-state index in [0.717, 1.165) is 19.1 Å². The van der Waals surface area contributed by atoms with Crippen LogP contribution < -0.4 is 21.9 Å². The van der Waals surface area contributed by atoms with Gasteiger partial charge < -0.3 is 15.4 Å². The molecule has 0 aromatic heterocycles. The highest BCUT2D eigenvalue weighted by Crippen LogP contribution is 2.44. The molecule has 0 unspecified atom stereocenters. The number of hydrogen-bond donors (Lipinski definition) is 4. The normalized spacial score (nSPS) is 32.4. The van der Waals surface area contributed by atoms with Crippen molar-refractivity contribution < 1.29 is 14.4 Å². The van der Waals surface area contributed by atoms with Gasteiger partial charge in [0.25, 0.3) is 5.91 Å². The fraction of sp³-hybridized carbons (Fsp3) is 0.727. The van der Waals surface area contributed by atoms with E-state index in [9.17, 15) is 14.4 Å². The molecule has 0 spiro atoms. The lowest BCUT2D eigenvalue weighted by Gasteiger charge is -2.31. The summed E-state index contributed by atoms with van der Waals surface area (Å²) < 4.78 is -0.735. The lowest BCUT2D eigenvalue weighted by molar-refractivity contribution is -0.124. The molecular formula is C11H18N4O3S. The number of fused-ring (bicyclic) bond motifs is 1. The molecule has 3 amide bonds. The predicted octanol–water partition coefficient (Wildman–Crippen LogP) is -0.729. The van der Waals surface area contributed by atoms with E-state index in [1.54, 1.807) is 0 Å². The molecule has 19 heavy (non-hydrogen) atoms. The molecule has 0 saturated carbocycles. The van der Waals surface area contributed by atoms with Crippen molar-refractivity contribution in [2.45, 2.75) is 42.5 Å². The average molecular weight is 286 g/mol. The first-order chi connectivity index (χ1) is 9.14. The van der Waals surface area contributed by atoms with Crippen molar-refractivity contribution in [3.63, 3.8) is 0 Å². The molecule has 3 atom stereocenters. The van der Waals surface area contributed by atoms with Crippen LogP contribution in [0.2, 0.25) is 0 Å². The van der Waals surface area contributed by atoms with Gasteiger partial charge in [0.2, 0.25) is 0 Å². The van der Waals surface area contributed by atoms with Gasteiger partial charge in [-0.2, -0.15) is 0 Å². The number of thioether (sulfide) groups is 1. The molecule has 7 nitrogen and oxygen atoms in total. The molecule has 2 aliphatic heterocycles. The van der Waals surface area contributed by atoms with Crippen molar-refractivity contribution in [2.75, 3.05) is 5.75 Å². The fourth-order valence-corrected chi connectivity index (χ4v) is 4.36. The summed E-state index contributed by atoms with van der Waals surface area (Å²) >= 11 is 1.52. The molecule has 2 rings (SSSR count). The summed E-state index contributed by atoms with van der Waals surface area (Å²) in [6, 6.07) is -0.525. The highest BCUT2D eigenvalue weighted by Gasteiger charge is 2.57. The lowest BCUT2D eigenvalue weighted by Crippen LogP contribution is -2.57. The second-order valence-corrected chi connectivity index (χ2v) is 6.14. The molecule has 0 bridgehead atoms. The standard InChI is InChI=1S/C11H18N4O3S/c12-15-9(17)11(4-2-1-3-5-16)8-7(6-19-11)13-10(18)14-8/h5,7-8H,1-4,6,12H2,(H,15,17)(H2,13,14,18)/t7-,8-,11-/m0/s1. The van der Waals surface area contributed by atoms with E-state index in [-0.39, 0.29) is 24.0 Å². The summed E-state index contributed by atoms with van der Waals surface area (Å²) in [7, 11) is 0. The van der Waals surface area contributed by atoms with Crippen LogP contribution in [0.15, 0.2) is 0 Å². The fourth-order valence-electron chi connectivity index (χ4n) is 2.73. The van der Waals surface area contributed by atoms with Crippen molar-refractivity contribution in [1.29, 1.82) is 0 Å². The number of carbonyl (C=O) groups excluding carboxylic acids is 3. The Hall–Kier alpha value is -1.28. The second kappa shape index (κ2) is 5.79. The van der Waals surface area contributed by atoms with E-state index >= 15 is 0 Å². The highest BCUT2D eigenvalue weighted by molar-refractivity contribution is 8.01. The Morgan fingerprint density at radius 3 is 3.00 bits per heavy atom. The smallest absolute Gasteiger partial charge is 0.315 e. The first kappa shape index (κ1) is 14.1. The van der Waals surface area contributed by atoms with Gasteiger partial charge in [0.05, 0.1) is 12.1 Å². The number of aldehydes is 1. The molecule has 0 radical (unpaired) electrons. The van der Waals surface area contributed by atoms with Crippen LogP contribution in [-0.4, -0.2) is 40.8 Å². The maximum atomic E-state index is 12.1. The molecule has 0 aromatic carbocycles. The van der Waals surface area contributed by atoms with Gasteiger partial charge in [0, 0.05) is 12.2 Å². The van der Waals surface area contributed by atoms with Gasteiger partial charge in [0.15, 0.2) is 0 Å². The summed E-state index contributed by atoms with van der Waals surface area (Å²) in [6.45, 7) is 0. The molecular weight excluding hydrogens is 268 g/mol. The van der Waals surface area contributed by atoms with E-state index in [1.807, 2.05) is 0 Å². The van der Waals surface area contributed by atoms with Gasteiger partial charge in [-0.25, -0.2) is 10.6 Å². The van der Waals surface area contributed by atoms with Gasteiger partial charge in [-0.05, 0) is 12.8 Å². The molecule has 2 fully saturated rings. The van der Waals surface area contributed by atoms with Gasteiger partial charge in [-0.1, -0.05) is 6.42 Å². The van der Waals surface area contributed by atoms with E-state index in [2.05, 4.69) is 16.1 Å². The molecule has 5 N–H and O–H groups in total. The second-order valence-electron chi connectivity index (χ2n) is 4.79. The molecule has 2 saturated heterocycles. The number of hydrazine groups is 1. The Kier molecular flexibility index (Phi) is 4.31. The zero-order valence-electron chi connectivity index (χ0n) is 10.5. The average Bonchev–Trinajstić information content (AvgIpc) is 2.93. The molecule has 0 aliphatic carbocycles. The number of nitrogens with one attached hydrogen (secondary N) is 3. The van der Waals surface area contributed by atoms with Crippen LogP contribution in [0.25, 0.3) is 0 Å². The molecule has 2 aliphatic rings. The maximum absolute atomic E-state index is 12.1. The number of rotatable bonds is 6. The molecule has 0 aromatic rings. The van der Waals surface area contributed by atoms with E-state index in [1.165, 1.54) is 11.8 Å². The van der Waals surface area contributed by atoms with Crippen molar-refractivity contribution in [3.05, 3.63) is 0 Å². The quantitative estimate of drug-likeness (QED) is 0.128. The lowest BCUT2D eigenvalue weighted by atomic mass is 9.89. The zero-order chi connectivity index (χ0) is 13.9. The molecule has 2 heterocycles. The third-order valence-electron chi connectivity index (χ3n) is 3.66. The van der Waals surface area contributed by atoms with Crippen LogP contribution in [0.4, 0.5) is 4.79 Å². The minimum Gasteiger partial charge on any atom is -0.332 e. The highest BCUT2D eigenvalue weighted by atomic mass is 32.2. The SMILES string of the molecule is NNC(=O)[C@@]1(CCCCC=O)SC[C@@H]2NC(=O)N[C@@H]21. The minimum atomic E-state index is -0.735. The van der Waals surface area contributed by atoms with Crippen LogP contribution in [0.1, 0.15) is 25.7 Å². The summed E-state index contributed by atoms with van der Waals surface area (Å²) in [5.74, 6) is 5.70. The number of carbonyl (C=O) groups is 3. The van der Waals surface area contributed by atoms with Crippen LogP contribution in [0.3, 0.4) is 0 Å². The summed E-state index contributed by atoms with van der Waals surface area (Å²) in [4.78, 5) is 33.9. The summed E-state index contributed by atoms with van der Waals surface area (Å²) in [5.41, 5.74) is 2.21. The third kappa shape index (κ3) is 2.55. The first-order valence-electron chi connectivity index (χ1n) is 6.29. The van der Waals surface area contributed by atoms with Gasteiger partial charge in [0.1, 0.15) is 11.0 Å². The number of nitrogens with two attached hydrogens (primary N) is 1. The van der Waals surface area contributed by atoms with Crippen molar-refractivity contribution in [3.8, 4) is 0 Å². The number of unbranched alkanes of at least 4 members (excludes halogenated alkanes) is 2. The van der Waals surface area contributed by atoms with Gasteiger partial charge >= 0.3 is 6.03 Å². The monoisotopic (exact) mass is 286 g/mol. The summed E-state index contributed by atoms with van der Waals surface area (Å²) in [6.07, 6.45) is 3.45. The van der Waals surface area contributed by atoms with Crippen LogP contribution in [0.5, 0.6) is 0 Å². The molecule has 8 heteroatoms. The third-order valence-corrected chi connectivity index (χ3v) is 5.35. The topological polar surface area (TPSA) is 113 Å². The van der Waals surface area contributed by atoms with Crippen LogP contribution in [-0.2, 0) is 9.59 Å². The minimum absolute atomic E-state index is 0.0409.